The number of carbonyl (C=O) groups is 4. The molecule has 0 aliphatic carbocycles. The van der Waals surface area contributed by atoms with Gasteiger partial charge in [0.25, 0.3) is 0 Å². The second-order valence-electron chi connectivity index (χ2n) is 9.11. The average molecular weight is 486 g/mol. The minimum Gasteiger partial charge on any atom is -0.468 e. The number of nitrogens with zero attached hydrogens (tertiary/aromatic N) is 1. The fraction of sp³-hybridized carbons (Fsp3) is 0.462. The number of terminal acetylenes is 1. The number of hydrogen-bond donors (Lipinski definition) is 2. The van der Waals surface area contributed by atoms with E-state index in [-0.39, 0.29) is 19.0 Å². The van der Waals surface area contributed by atoms with Gasteiger partial charge >= 0.3 is 12.1 Å². The zero-order chi connectivity index (χ0) is 26.8. The molecule has 2 atom stereocenters. The summed E-state index contributed by atoms with van der Waals surface area (Å²) in [6, 6.07) is 4.42. The fourth-order valence-electron chi connectivity index (χ4n) is 3.15. The Morgan fingerprint density at radius 1 is 1.17 bits per heavy atom. The molecule has 0 aliphatic rings. The van der Waals surface area contributed by atoms with Crippen molar-refractivity contribution in [2.75, 3.05) is 20.2 Å². The first-order valence-corrected chi connectivity index (χ1v) is 11.2. The number of hydrogen-bond acceptors (Lipinski definition) is 6. The van der Waals surface area contributed by atoms with Crippen LogP contribution in [-0.2, 0) is 23.9 Å². The molecule has 2 N–H and O–H groups in total. The van der Waals surface area contributed by atoms with Crippen molar-refractivity contribution in [2.24, 2.45) is 5.92 Å². The van der Waals surface area contributed by atoms with Gasteiger partial charge < -0.3 is 25.0 Å². The molecule has 0 aliphatic heterocycles. The Labute approximate surface area is 207 Å². The zero-order valence-electron chi connectivity index (χ0n) is 21.2. The molecule has 0 heterocycles. The molecule has 35 heavy (non-hydrogen) atoms. The van der Waals surface area contributed by atoms with E-state index in [0.717, 1.165) is 0 Å². The molecule has 0 saturated carbocycles. The van der Waals surface area contributed by atoms with Crippen molar-refractivity contribution in [3.05, 3.63) is 48.0 Å². The second-order valence-corrected chi connectivity index (χ2v) is 9.11. The molecular weight excluding hydrogens is 450 g/mol. The normalized spacial score (nSPS) is 12.5. The molecule has 0 radical (unpaired) electrons. The van der Waals surface area contributed by atoms with Crippen LogP contribution in [0.25, 0.3) is 0 Å². The van der Waals surface area contributed by atoms with Crippen molar-refractivity contribution in [1.29, 1.82) is 0 Å². The molecule has 1 rings (SSSR count). The number of carbonyl (C=O) groups excluding carboxylic acids is 4. The van der Waals surface area contributed by atoms with Gasteiger partial charge in [0.15, 0.2) is 0 Å². The minimum atomic E-state index is -1.14. The van der Waals surface area contributed by atoms with Crippen LogP contribution in [0.3, 0.4) is 0 Å². The molecule has 190 valence electrons. The van der Waals surface area contributed by atoms with E-state index >= 15 is 0 Å². The lowest BCUT2D eigenvalue weighted by Crippen LogP contribution is -2.55. The predicted octanol–water partition coefficient (Wildman–Crippen LogP) is 2.56. The van der Waals surface area contributed by atoms with Crippen molar-refractivity contribution >= 4 is 23.9 Å². The average Bonchev–Trinajstić information content (AvgIpc) is 2.79. The molecule has 1 aromatic rings. The van der Waals surface area contributed by atoms with Crippen LogP contribution in [0.4, 0.5) is 4.79 Å². The van der Waals surface area contributed by atoms with Gasteiger partial charge in [-0.15, -0.1) is 13.0 Å². The number of esters is 1. The Bertz CT molecular complexity index is 957. The lowest BCUT2D eigenvalue weighted by molar-refractivity contribution is -0.144. The summed E-state index contributed by atoms with van der Waals surface area (Å²) in [7, 11) is 1.20. The summed E-state index contributed by atoms with van der Waals surface area (Å²) in [6.45, 7) is 12.0. The zero-order valence-corrected chi connectivity index (χ0v) is 21.2. The van der Waals surface area contributed by atoms with Gasteiger partial charge in [0.1, 0.15) is 24.2 Å². The number of benzene rings is 1. The van der Waals surface area contributed by atoms with Crippen molar-refractivity contribution in [3.63, 3.8) is 0 Å². The molecular formula is C26H35N3O6. The van der Waals surface area contributed by atoms with E-state index in [1.165, 1.54) is 18.1 Å². The summed E-state index contributed by atoms with van der Waals surface area (Å²) in [5, 5.41) is 5.12. The van der Waals surface area contributed by atoms with E-state index in [1.54, 1.807) is 58.9 Å². The van der Waals surface area contributed by atoms with Crippen molar-refractivity contribution < 1.29 is 28.7 Å². The van der Waals surface area contributed by atoms with Gasteiger partial charge in [-0.2, -0.15) is 0 Å². The third-order valence-electron chi connectivity index (χ3n) is 4.80. The first kappa shape index (κ1) is 29.2. The summed E-state index contributed by atoms with van der Waals surface area (Å²) in [5.74, 6) is 0.391. The predicted molar refractivity (Wildman–Crippen MR) is 132 cm³/mol. The molecule has 0 fully saturated rings. The number of amides is 3. The minimum absolute atomic E-state index is 0.00868. The highest BCUT2D eigenvalue weighted by Gasteiger charge is 2.37. The summed E-state index contributed by atoms with van der Waals surface area (Å²) in [6.07, 6.45) is 6.16. The number of alkyl carbamates (subject to hydrolysis) is 1. The summed E-state index contributed by atoms with van der Waals surface area (Å²) < 4.78 is 9.90. The molecule has 2 unspecified atom stereocenters. The van der Waals surface area contributed by atoms with Crippen LogP contribution in [0.2, 0.25) is 0 Å². The van der Waals surface area contributed by atoms with E-state index in [1.807, 2.05) is 0 Å². The third-order valence-corrected chi connectivity index (χ3v) is 4.80. The van der Waals surface area contributed by atoms with Gasteiger partial charge in [-0.3, -0.25) is 14.4 Å². The van der Waals surface area contributed by atoms with Crippen LogP contribution in [0, 0.1) is 18.3 Å². The standard InChI is InChI=1S/C26H35N3O6/c1-9-15-29(24(32)21(17(3)4)28-25(33)35-26(5,6)7)22(23(31)27-16-20(30)34-8)19-13-11-18(10-2)12-14-19/h2,9,11-14,17,21-22H,1,15-16H2,3-8H3,(H,27,31)(H,28,33). The maximum atomic E-state index is 13.7. The number of rotatable bonds is 10. The summed E-state index contributed by atoms with van der Waals surface area (Å²) >= 11 is 0. The van der Waals surface area contributed by atoms with Crippen molar-refractivity contribution in [3.8, 4) is 12.3 Å². The van der Waals surface area contributed by atoms with Gasteiger partial charge in [0.05, 0.1) is 7.11 Å². The van der Waals surface area contributed by atoms with Gasteiger partial charge in [-0.25, -0.2) is 4.79 Å². The largest absolute Gasteiger partial charge is 0.468 e. The molecule has 9 heteroatoms. The molecule has 0 aromatic heterocycles. The fourth-order valence-corrected chi connectivity index (χ4v) is 3.15. The van der Waals surface area contributed by atoms with Crippen molar-refractivity contribution in [2.45, 2.75) is 52.3 Å². The number of methoxy groups -OCH3 is 1. The first-order valence-electron chi connectivity index (χ1n) is 11.2. The molecule has 0 bridgehead atoms. The highest BCUT2D eigenvalue weighted by molar-refractivity contribution is 5.93. The van der Waals surface area contributed by atoms with E-state index in [2.05, 4.69) is 27.9 Å². The highest BCUT2D eigenvalue weighted by Crippen LogP contribution is 2.24. The number of nitrogens with one attached hydrogen (secondary N) is 2. The molecule has 3 amide bonds. The summed E-state index contributed by atoms with van der Waals surface area (Å²) in [5.41, 5.74) is 0.293. The van der Waals surface area contributed by atoms with Crippen LogP contribution in [0.1, 0.15) is 51.8 Å². The van der Waals surface area contributed by atoms with Crippen LogP contribution in [0.5, 0.6) is 0 Å². The van der Waals surface area contributed by atoms with Gasteiger partial charge in [-0.1, -0.05) is 38.0 Å². The van der Waals surface area contributed by atoms with Crippen LogP contribution >= 0.6 is 0 Å². The second kappa shape index (κ2) is 13.2. The molecule has 9 nitrogen and oxygen atoms in total. The maximum absolute atomic E-state index is 13.7. The maximum Gasteiger partial charge on any atom is 0.408 e. The van der Waals surface area contributed by atoms with E-state index in [4.69, 9.17) is 11.2 Å². The Morgan fingerprint density at radius 2 is 1.77 bits per heavy atom. The quantitative estimate of drug-likeness (QED) is 0.299. The smallest absolute Gasteiger partial charge is 0.408 e. The molecule has 0 spiro atoms. The SMILES string of the molecule is C#Cc1ccc(C(C(=O)NCC(=O)OC)N(CC=C)C(=O)C(NC(=O)OC(C)(C)C)C(C)C)cc1. The Morgan fingerprint density at radius 3 is 2.23 bits per heavy atom. The lowest BCUT2D eigenvalue weighted by atomic mass is 9.98. The first-order chi connectivity index (χ1) is 16.3. The van der Waals surface area contributed by atoms with E-state index in [0.29, 0.717) is 11.1 Å². The lowest BCUT2D eigenvalue weighted by Gasteiger charge is -2.35. The topological polar surface area (TPSA) is 114 Å². The van der Waals surface area contributed by atoms with E-state index < -0.39 is 41.6 Å². The summed E-state index contributed by atoms with van der Waals surface area (Å²) in [4.78, 5) is 52.3. The van der Waals surface area contributed by atoms with Gasteiger partial charge in [0, 0.05) is 12.1 Å². The number of ether oxygens (including phenoxy) is 2. The molecule has 1 aromatic carbocycles. The Balaban J connectivity index is 3.42. The Kier molecular flexibility index (Phi) is 11.0. The molecule has 0 saturated heterocycles. The van der Waals surface area contributed by atoms with Crippen LogP contribution in [-0.4, -0.2) is 60.6 Å². The monoisotopic (exact) mass is 485 g/mol. The third kappa shape index (κ3) is 9.16. The van der Waals surface area contributed by atoms with Crippen LogP contribution < -0.4 is 10.6 Å². The van der Waals surface area contributed by atoms with E-state index in [9.17, 15) is 19.2 Å². The van der Waals surface area contributed by atoms with Gasteiger partial charge in [-0.05, 0) is 44.4 Å². The van der Waals surface area contributed by atoms with Crippen molar-refractivity contribution in [1.82, 2.24) is 15.5 Å². The highest BCUT2D eigenvalue weighted by atomic mass is 16.6. The van der Waals surface area contributed by atoms with Crippen LogP contribution in [0.15, 0.2) is 36.9 Å². The Hall–Kier alpha value is -3.80. The van der Waals surface area contributed by atoms with Gasteiger partial charge in [0.2, 0.25) is 11.8 Å².